The summed E-state index contributed by atoms with van der Waals surface area (Å²) in [5, 5.41) is 9.31. The molecule has 0 aliphatic heterocycles. The van der Waals surface area contributed by atoms with Crippen LogP contribution < -0.4 is 4.74 Å². The Morgan fingerprint density at radius 1 is 1.39 bits per heavy atom. The number of ether oxygens (including phenoxy) is 1. The molecule has 1 aliphatic carbocycles. The van der Waals surface area contributed by atoms with Gasteiger partial charge in [0.15, 0.2) is 0 Å². The molecule has 0 heterocycles. The first-order chi connectivity index (χ1) is 8.74. The van der Waals surface area contributed by atoms with Gasteiger partial charge in [-0.05, 0) is 43.7 Å². The van der Waals surface area contributed by atoms with Gasteiger partial charge in [-0.25, -0.2) is 0 Å². The molecule has 1 aromatic carbocycles. The van der Waals surface area contributed by atoms with Gasteiger partial charge in [0.1, 0.15) is 17.9 Å². The normalized spacial score (nSPS) is 23.4. The van der Waals surface area contributed by atoms with E-state index >= 15 is 0 Å². The van der Waals surface area contributed by atoms with Gasteiger partial charge in [0.25, 0.3) is 0 Å². The topological polar surface area (TPSA) is 33.0 Å². The molecule has 1 aromatic rings. The van der Waals surface area contributed by atoms with Gasteiger partial charge >= 0.3 is 0 Å². The molecule has 0 radical (unpaired) electrons. The van der Waals surface area contributed by atoms with Gasteiger partial charge in [0, 0.05) is 6.07 Å². The Balaban J connectivity index is 2.08. The van der Waals surface area contributed by atoms with Crippen molar-refractivity contribution in [1.82, 2.24) is 0 Å². The summed E-state index contributed by atoms with van der Waals surface area (Å²) in [5.41, 5.74) is 0.500. The summed E-state index contributed by atoms with van der Waals surface area (Å²) in [4.78, 5) is 0. The lowest BCUT2D eigenvalue weighted by Crippen LogP contribution is -2.29. The quantitative estimate of drug-likeness (QED) is 0.801. The van der Waals surface area contributed by atoms with Crippen LogP contribution >= 0.6 is 11.6 Å². The van der Waals surface area contributed by atoms with Crippen molar-refractivity contribution in [3.05, 3.63) is 28.8 Å². The lowest BCUT2D eigenvalue weighted by Gasteiger charge is -2.31. The average Bonchev–Trinajstić information content (AvgIpc) is 2.39. The van der Waals surface area contributed by atoms with Gasteiger partial charge in [0.2, 0.25) is 0 Å². The molecule has 0 bridgehead atoms. The Hall–Kier alpha value is -1.20. The largest absolute Gasteiger partial charge is 0.490 e. The van der Waals surface area contributed by atoms with Crippen LogP contribution in [0.1, 0.15) is 44.6 Å². The first-order valence-electron chi connectivity index (χ1n) is 6.61. The fraction of sp³-hybridized carbons (Fsp3) is 0.533. The van der Waals surface area contributed by atoms with Crippen LogP contribution in [0, 0.1) is 17.2 Å². The molecule has 1 aliphatic rings. The van der Waals surface area contributed by atoms with Crippen molar-refractivity contribution in [2.24, 2.45) is 5.92 Å². The van der Waals surface area contributed by atoms with Gasteiger partial charge in [-0.3, -0.25) is 0 Å². The molecule has 1 fully saturated rings. The molecule has 18 heavy (non-hydrogen) atoms. The van der Waals surface area contributed by atoms with E-state index in [-0.39, 0.29) is 0 Å². The number of benzene rings is 1. The molecule has 0 amide bonds. The molecule has 2 atom stereocenters. The molecule has 1 saturated carbocycles. The standard InChI is InChI=1S/C15H18ClNO/c1-2-11-5-3-4-6-15(11)18-13-8-7-12(10-17)14(16)9-13/h7-9,11,15H,2-6H2,1H3. The van der Waals surface area contributed by atoms with Crippen molar-refractivity contribution in [2.45, 2.75) is 45.1 Å². The second-order valence-corrected chi connectivity index (χ2v) is 5.27. The maximum atomic E-state index is 8.84. The lowest BCUT2D eigenvalue weighted by molar-refractivity contribution is 0.0904. The summed E-state index contributed by atoms with van der Waals surface area (Å²) < 4.78 is 6.05. The number of halogens is 1. The van der Waals surface area contributed by atoms with Crippen LogP contribution in [0.4, 0.5) is 0 Å². The summed E-state index contributed by atoms with van der Waals surface area (Å²) in [7, 11) is 0. The van der Waals surface area contributed by atoms with Crippen LogP contribution in [0.3, 0.4) is 0 Å². The molecule has 96 valence electrons. The summed E-state index contributed by atoms with van der Waals surface area (Å²) in [6, 6.07) is 7.37. The van der Waals surface area contributed by atoms with E-state index in [2.05, 4.69) is 13.0 Å². The Morgan fingerprint density at radius 2 is 2.17 bits per heavy atom. The molecule has 0 aromatic heterocycles. The minimum Gasteiger partial charge on any atom is -0.490 e. The number of nitrogens with zero attached hydrogens (tertiary/aromatic N) is 1. The molecule has 2 rings (SSSR count). The molecule has 2 nitrogen and oxygen atoms in total. The van der Waals surface area contributed by atoms with E-state index in [0.717, 1.165) is 18.6 Å². The number of hydrogen-bond donors (Lipinski definition) is 0. The smallest absolute Gasteiger partial charge is 0.121 e. The highest BCUT2D eigenvalue weighted by Gasteiger charge is 2.25. The van der Waals surface area contributed by atoms with Crippen LogP contribution in [0.5, 0.6) is 5.75 Å². The van der Waals surface area contributed by atoms with E-state index in [1.807, 2.05) is 6.07 Å². The Kier molecular flexibility index (Phi) is 4.49. The first kappa shape index (κ1) is 13.2. The van der Waals surface area contributed by atoms with E-state index in [1.54, 1.807) is 12.1 Å². The van der Waals surface area contributed by atoms with E-state index in [0.29, 0.717) is 22.6 Å². The number of hydrogen-bond acceptors (Lipinski definition) is 2. The predicted octanol–water partition coefficient (Wildman–Crippen LogP) is 4.56. The fourth-order valence-electron chi connectivity index (χ4n) is 2.63. The van der Waals surface area contributed by atoms with Gasteiger partial charge in [0.05, 0.1) is 10.6 Å². The molecule has 0 N–H and O–H groups in total. The Bertz CT molecular complexity index is 452. The van der Waals surface area contributed by atoms with Crippen LogP contribution in [0.25, 0.3) is 0 Å². The maximum absolute atomic E-state index is 8.84. The summed E-state index contributed by atoms with van der Waals surface area (Å²) in [6.45, 7) is 2.22. The van der Waals surface area contributed by atoms with Crippen LogP contribution in [0.2, 0.25) is 5.02 Å². The Morgan fingerprint density at radius 3 is 2.83 bits per heavy atom. The monoisotopic (exact) mass is 263 g/mol. The highest BCUT2D eigenvalue weighted by molar-refractivity contribution is 6.31. The molecule has 3 heteroatoms. The highest BCUT2D eigenvalue weighted by atomic mass is 35.5. The maximum Gasteiger partial charge on any atom is 0.121 e. The SMILES string of the molecule is CCC1CCCCC1Oc1ccc(C#N)c(Cl)c1. The minimum absolute atomic E-state index is 0.299. The zero-order valence-corrected chi connectivity index (χ0v) is 11.4. The zero-order valence-electron chi connectivity index (χ0n) is 10.7. The summed E-state index contributed by atoms with van der Waals surface area (Å²) in [6.07, 6.45) is 6.39. The van der Waals surface area contributed by atoms with E-state index in [9.17, 15) is 0 Å². The van der Waals surface area contributed by atoms with E-state index < -0.39 is 0 Å². The average molecular weight is 264 g/mol. The fourth-order valence-corrected chi connectivity index (χ4v) is 2.84. The highest BCUT2D eigenvalue weighted by Crippen LogP contribution is 2.31. The molecule has 2 unspecified atom stereocenters. The van der Waals surface area contributed by atoms with Crippen molar-refractivity contribution in [2.75, 3.05) is 0 Å². The zero-order chi connectivity index (χ0) is 13.0. The molecular formula is C15H18ClNO. The predicted molar refractivity (Wildman–Crippen MR) is 72.8 cm³/mol. The van der Waals surface area contributed by atoms with Crippen LogP contribution in [0.15, 0.2) is 18.2 Å². The van der Waals surface area contributed by atoms with Gasteiger partial charge in [-0.1, -0.05) is 24.9 Å². The van der Waals surface area contributed by atoms with Crippen molar-refractivity contribution >= 4 is 11.6 Å². The van der Waals surface area contributed by atoms with E-state index in [4.69, 9.17) is 21.6 Å². The van der Waals surface area contributed by atoms with Crippen LogP contribution in [-0.4, -0.2) is 6.10 Å². The van der Waals surface area contributed by atoms with Crippen molar-refractivity contribution < 1.29 is 4.74 Å². The summed E-state index contributed by atoms with van der Waals surface area (Å²) in [5.74, 6) is 1.43. The van der Waals surface area contributed by atoms with Crippen LogP contribution in [-0.2, 0) is 0 Å². The van der Waals surface area contributed by atoms with E-state index in [1.165, 1.54) is 19.3 Å². The van der Waals surface area contributed by atoms with Crippen molar-refractivity contribution in [1.29, 1.82) is 5.26 Å². The number of nitriles is 1. The third-order valence-electron chi connectivity index (χ3n) is 3.71. The number of rotatable bonds is 3. The molecule has 0 saturated heterocycles. The molecular weight excluding hydrogens is 246 g/mol. The van der Waals surface area contributed by atoms with Crippen molar-refractivity contribution in [3.63, 3.8) is 0 Å². The third-order valence-corrected chi connectivity index (χ3v) is 4.02. The molecule has 0 spiro atoms. The second kappa shape index (κ2) is 6.11. The van der Waals surface area contributed by atoms with Gasteiger partial charge in [-0.2, -0.15) is 5.26 Å². The minimum atomic E-state index is 0.299. The third kappa shape index (κ3) is 2.97. The van der Waals surface area contributed by atoms with Gasteiger partial charge < -0.3 is 4.74 Å². The Labute approximate surface area is 114 Å². The first-order valence-corrected chi connectivity index (χ1v) is 6.98. The lowest BCUT2D eigenvalue weighted by atomic mass is 9.85. The second-order valence-electron chi connectivity index (χ2n) is 4.86. The van der Waals surface area contributed by atoms with Crippen molar-refractivity contribution in [3.8, 4) is 11.8 Å². The summed E-state index contributed by atoms with van der Waals surface area (Å²) >= 11 is 6.01. The van der Waals surface area contributed by atoms with Gasteiger partial charge in [-0.15, -0.1) is 0 Å².